The van der Waals surface area contributed by atoms with Crippen LogP contribution in [0, 0.1) is 6.07 Å². The van der Waals surface area contributed by atoms with Gasteiger partial charge in [-0.3, -0.25) is 0 Å². The zero-order valence-electron chi connectivity index (χ0n) is 13.2. The van der Waals surface area contributed by atoms with E-state index < -0.39 is 0 Å². The number of benzene rings is 1. The van der Waals surface area contributed by atoms with E-state index in [0.717, 1.165) is 6.42 Å². The Labute approximate surface area is 126 Å². The van der Waals surface area contributed by atoms with Crippen LogP contribution in [0.3, 0.4) is 0 Å². The van der Waals surface area contributed by atoms with Crippen molar-refractivity contribution in [1.82, 2.24) is 0 Å². The van der Waals surface area contributed by atoms with Crippen molar-refractivity contribution in [2.45, 2.75) is 77.6 Å². The van der Waals surface area contributed by atoms with Gasteiger partial charge in [-0.05, 0) is 30.9 Å². The molecule has 0 fully saturated rings. The molecule has 0 saturated carbocycles. The molecule has 0 aliphatic carbocycles. The minimum absolute atomic E-state index is 1.03. The van der Waals surface area contributed by atoms with Crippen molar-refractivity contribution in [1.29, 1.82) is 0 Å². The largest absolute Gasteiger partial charge is 0.0882 e. The van der Waals surface area contributed by atoms with Gasteiger partial charge in [0.1, 0.15) is 0 Å². The molecule has 0 heterocycles. The van der Waals surface area contributed by atoms with Gasteiger partial charge in [-0.15, -0.1) is 0 Å². The van der Waals surface area contributed by atoms with Gasteiger partial charge in [0.25, 0.3) is 0 Å². The standard InChI is InChI=1S/C20H31/c1-2-3-4-5-6-7-8-9-10-11-12-14-17-20-18-15-13-16-19-20/h12-16,18H,2-11,17H2,1H3. The summed E-state index contributed by atoms with van der Waals surface area (Å²) in [5.74, 6) is 0. The van der Waals surface area contributed by atoms with Crippen molar-refractivity contribution in [3.05, 3.63) is 48.0 Å². The Balaban J connectivity index is 1.85. The fraction of sp³-hybridized carbons (Fsp3) is 0.600. The Morgan fingerprint density at radius 1 is 0.850 bits per heavy atom. The molecule has 0 nitrogen and oxygen atoms in total. The van der Waals surface area contributed by atoms with Crippen molar-refractivity contribution in [2.75, 3.05) is 0 Å². The summed E-state index contributed by atoms with van der Waals surface area (Å²) in [4.78, 5) is 0. The summed E-state index contributed by atoms with van der Waals surface area (Å²) in [5.41, 5.74) is 1.29. The third kappa shape index (κ3) is 9.83. The van der Waals surface area contributed by atoms with Crippen LogP contribution in [-0.2, 0) is 6.42 Å². The third-order valence-corrected chi connectivity index (χ3v) is 3.75. The Bertz CT molecular complexity index is 323. The number of allylic oxidation sites excluding steroid dienone is 2. The van der Waals surface area contributed by atoms with E-state index in [1.807, 2.05) is 12.1 Å². The normalized spacial score (nSPS) is 11.2. The molecular weight excluding hydrogens is 240 g/mol. The second kappa shape index (κ2) is 13.0. The van der Waals surface area contributed by atoms with Gasteiger partial charge < -0.3 is 0 Å². The van der Waals surface area contributed by atoms with Crippen LogP contribution < -0.4 is 0 Å². The maximum absolute atomic E-state index is 3.26. The van der Waals surface area contributed by atoms with Crippen molar-refractivity contribution in [3.63, 3.8) is 0 Å². The van der Waals surface area contributed by atoms with Crippen LogP contribution in [0.4, 0.5) is 0 Å². The molecule has 0 heteroatoms. The number of unbranched alkanes of at least 4 members (excludes halogenated alkanes) is 9. The topological polar surface area (TPSA) is 0 Å². The molecule has 0 atom stereocenters. The lowest BCUT2D eigenvalue weighted by Crippen LogP contribution is -1.81. The summed E-state index contributed by atoms with van der Waals surface area (Å²) < 4.78 is 0. The average molecular weight is 271 g/mol. The van der Waals surface area contributed by atoms with E-state index in [-0.39, 0.29) is 0 Å². The first-order valence-electron chi connectivity index (χ1n) is 8.54. The average Bonchev–Trinajstić information content (AvgIpc) is 2.49. The Morgan fingerprint density at radius 2 is 1.55 bits per heavy atom. The first-order valence-corrected chi connectivity index (χ1v) is 8.54. The summed E-state index contributed by atoms with van der Waals surface area (Å²) in [7, 11) is 0. The van der Waals surface area contributed by atoms with Gasteiger partial charge in [0.15, 0.2) is 0 Å². The van der Waals surface area contributed by atoms with Crippen LogP contribution >= 0.6 is 0 Å². The molecule has 0 spiro atoms. The first-order chi connectivity index (χ1) is 9.93. The number of hydrogen-bond acceptors (Lipinski definition) is 0. The minimum atomic E-state index is 1.03. The molecule has 0 aliphatic rings. The smallest absolute Gasteiger partial charge is 0.00913 e. The van der Waals surface area contributed by atoms with Crippen LogP contribution in [0.15, 0.2) is 36.4 Å². The molecule has 0 aliphatic heterocycles. The van der Waals surface area contributed by atoms with Crippen molar-refractivity contribution >= 4 is 0 Å². The van der Waals surface area contributed by atoms with Crippen molar-refractivity contribution in [2.24, 2.45) is 0 Å². The lowest BCUT2D eigenvalue weighted by molar-refractivity contribution is 0.566. The fourth-order valence-corrected chi connectivity index (χ4v) is 2.46. The number of hydrogen-bond donors (Lipinski definition) is 0. The molecule has 0 bridgehead atoms. The Kier molecular flexibility index (Phi) is 11.0. The second-order valence-corrected chi connectivity index (χ2v) is 5.68. The highest BCUT2D eigenvalue weighted by Crippen LogP contribution is 2.10. The lowest BCUT2D eigenvalue weighted by Gasteiger charge is -2.00. The molecule has 20 heavy (non-hydrogen) atoms. The van der Waals surface area contributed by atoms with E-state index in [1.54, 1.807) is 0 Å². The van der Waals surface area contributed by atoms with E-state index >= 15 is 0 Å². The molecule has 0 N–H and O–H groups in total. The van der Waals surface area contributed by atoms with Crippen LogP contribution in [0.5, 0.6) is 0 Å². The maximum atomic E-state index is 3.26. The molecule has 0 saturated heterocycles. The minimum Gasteiger partial charge on any atom is -0.0882 e. The summed E-state index contributed by atoms with van der Waals surface area (Å²) in [6, 6.07) is 11.5. The van der Waals surface area contributed by atoms with Crippen molar-refractivity contribution < 1.29 is 0 Å². The quantitative estimate of drug-likeness (QED) is 0.300. The van der Waals surface area contributed by atoms with E-state index in [0.29, 0.717) is 0 Å². The van der Waals surface area contributed by atoms with Gasteiger partial charge in [-0.2, -0.15) is 0 Å². The molecule has 0 unspecified atom stereocenters. The molecular formula is C20H31. The van der Waals surface area contributed by atoms with E-state index in [4.69, 9.17) is 0 Å². The first kappa shape index (κ1) is 17.0. The molecule has 0 amide bonds. The van der Waals surface area contributed by atoms with Gasteiger partial charge in [-0.1, -0.05) is 94.7 Å². The molecule has 0 aromatic heterocycles. The van der Waals surface area contributed by atoms with Crippen LogP contribution in [-0.4, -0.2) is 0 Å². The fourth-order valence-electron chi connectivity index (χ4n) is 2.46. The van der Waals surface area contributed by atoms with Gasteiger partial charge in [0.05, 0.1) is 0 Å². The SMILES string of the molecule is CCCCCCCCCCCC=CCc1[c]cccc1. The third-order valence-electron chi connectivity index (χ3n) is 3.75. The van der Waals surface area contributed by atoms with Gasteiger partial charge in [0.2, 0.25) is 0 Å². The zero-order valence-corrected chi connectivity index (χ0v) is 13.2. The molecule has 1 rings (SSSR count). The number of rotatable bonds is 12. The van der Waals surface area contributed by atoms with Gasteiger partial charge in [0, 0.05) is 0 Å². The zero-order chi connectivity index (χ0) is 14.3. The molecule has 111 valence electrons. The molecule has 1 radical (unpaired) electrons. The lowest BCUT2D eigenvalue weighted by atomic mass is 10.1. The van der Waals surface area contributed by atoms with Crippen LogP contribution in [0.2, 0.25) is 0 Å². The highest BCUT2D eigenvalue weighted by Gasteiger charge is 1.91. The summed E-state index contributed by atoms with van der Waals surface area (Å²) >= 11 is 0. The van der Waals surface area contributed by atoms with E-state index in [1.165, 1.54) is 69.8 Å². The predicted octanol–water partition coefficient (Wildman–Crippen LogP) is 6.51. The van der Waals surface area contributed by atoms with Crippen LogP contribution in [0.25, 0.3) is 0 Å². The maximum Gasteiger partial charge on any atom is -0.00913 e. The van der Waals surface area contributed by atoms with Crippen LogP contribution in [0.1, 0.15) is 76.7 Å². The Hall–Kier alpha value is -1.04. The van der Waals surface area contributed by atoms with Gasteiger partial charge >= 0.3 is 0 Å². The summed E-state index contributed by atoms with van der Waals surface area (Å²) in [6.07, 6.45) is 19.6. The highest BCUT2D eigenvalue weighted by atomic mass is 14.0. The summed E-state index contributed by atoms with van der Waals surface area (Å²) in [5, 5.41) is 0. The predicted molar refractivity (Wildman–Crippen MR) is 90.0 cm³/mol. The monoisotopic (exact) mass is 271 g/mol. The molecule has 1 aromatic carbocycles. The van der Waals surface area contributed by atoms with E-state index in [9.17, 15) is 0 Å². The Morgan fingerprint density at radius 3 is 2.20 bits per heavy atom. The second-order valence-electron chi connectivity index (χ2n) is 5.68. The molecule has 1 aromatic rings. The van der Waals surface area contributed by atoms with Gasteiger partial charge in [-0.25, -0.2) is 0 Å². The van der Waals surface area contributed by atoms with E-state index in [2.05, 4.69) is 37.3 Å². The summed E-state index contributed by atoms with van der Waals surface area (Å²) in [6.45, 7) is 2.28. The highest BCUT2D eigenvalue weighted by molar-refractivity contribution is 5.15. The van der Waals surface area contributed by atoms with Crippen molar-refractivity contribution in [3.8, 4) is 0 Å².